The molecule has 6 nitrogen and oxygen atoms in total. The van der Waals surface area contributed by atoms with E-state index >= 15 is 0 Å². The molecule has 0 aliphatic rings. The molecule has 0 fully saturated rings. The van der Waals surface area contributed by atoms with Crippen LogP contribution < -0.4 is 4.74 Å². The summed E-state index contributed by atoms with van der Waals surface area (Å²) in [7, 11) is 1.92. The lowest BCUT2D eigenvalue weighted by molar-refractivity contribution is 0.0204. The van der Waals surface area contributed by atoms with E-state index in [0.29, 0.717) is 12.0 Å². The third-order valence-corrected chi connectivity index (χ3v) is 4.94. The summed E-state index contributed by atoms with van der Waals surface area (Å²) in [6, 6.07) is 12.8. The first kappa shape index (κ1) is 20.2. The second-order valence-electron chi connectivity index (χ2n) is 7.01. The number of ether oxygens (including phenoxy) is 2. The standard InChI is InChI=1S/C20H20NO5PS/c1-20(2,3)25-19(23)24-14-9-6-7-12(17(14)18(22)26-27)11-16-21-13-8-4-5-10-15(13)28-16/h4-10H,11,27H2,1-3H3. The van der Waals surface area contributed by atoms with Crippen LogP contribution in [0.4, 0.5) is 4.79 Å². The summed E-state index contributed by atoms with van der Waals surface area (Å²) in [5, 5.41) is 0.841. The van der Waals surface area contributed by atoms with Crippen LogP contribution in [-0.2, 0) is 15.7 Å². The molecular weight excluding hydrogens is 397 g/mol. The van der Waals surface area contributed by atoms with Gasteiger partial charge in [-0.25, -0.2) is 14.6 Å². The van der Waals surface area contributed by atoms with Crippen LogP contribution in [0, 0.1) is 0 Å². The fourth-order valence-electron chi connectivity index (χ4n) is 2.62. The lowest BCUT2D eigenvalue weighted by Crippen LogP contribution is -2.26. The fraction of sp³-hybridized carbons (Fsp3) is 0.250. The van der Waals surface area contributed by atoms with Crippen molar-refractivity contribution >= 4 is 43.1 Å². The molecule has 0 saturated heterocycles. The molecule has 1 heterocycles. The molecule has 0 saturated carbocycles. The number of benzene rings is 2. The Hall–Kier alpha value is -2.50. The van der Waals surface area contributed by atoms with Gasteiger partial charge >= 0.3 is 12.1 Å². The van der Waals surface area contributed by atoms with Crippen LogP contribution in [0.2, 0.25) is 0 Å². The van der Waals surface area contributed by atoms with Crippen molar-refractivity contribution in [2.75, 3.05) is 0 Å². The van der Waals surface area contributed by atoms with Crippen molar-refractivity contribution in [2.24, 2.45) is 0 Å². The first-order valence-electron chi connectivity index (χ1n) is 8.55. The van der Waals surface area contributed by atoms with Gasteiger partial charge in [-0.15, -0.1) is 11.3 Å². The Kier molecular flexibility index (Phi) is 5.96. The lowest BCUT2D eigenvalue weighted by atomic mass is 10.0. The number of nitrogens with zero attached hydrogens (tertiary/aromatic N) is 1. The van der Waals surface area contributed by atoms with Crippen molar-refractivity contribution in [1.29, 1.82) is 0 Å². The number of aromatic nitrogens is 1. The minimum absolute atomic E-state index is 0.0836. The molecule has 0 N–H and O–H groups in total. The molecule has 0 bridgehead atoms. The highest BCUT2D eigenvalue weighted by molar-refractivity contribution is 7.18. The number of carbonyl (C=O) groups excluding carboxylic acids is 2. The highest BCUT2D eigenvalue weighted by Crippen LogP contribution is 2.30. The molecule has 3 rings (SSSR count). The molecule has 0 spiro atoms. The van der Waals surface area contributed by atoms with Gasteiger partial charge in [0.25, 0.3) is 0 Å². The smallest absolute Gasteiger partial charge is 0.448 e. The molecule has 3 aromatic rings. The van der Waals surface area contributed by atoms with E-state index < -0.39 is 17.7 Å². The Morgan fingerprint density at radius 1 is 1.11 bits per heavy atom. The first-order valence-corrected chi connectivity index (χ1v) is 9.84. The van der Waals surface area contributed by atoms with Gasteiger partial charge in [0.05, 0.1) is 24.7 Å². The van der Waals surface area contributed by atoms with Crippen molar-refractivity contribution in [3.63, 3.8) is 0 Å². The molecule has 1 atom stereocenters. The predicted molar refractivity (Wildman–Crippen MR) is 111 cm³/mol. The summed E-state index contributed by atoms with van der Waals surface area (Å²) < 4.78 is 16.4. The molecule has 28 heavy (non-hydrogen) atoms. The first-order chi connectivity index (χ1) is 13.3. The molecule has 1 aromatic heterocycles. The zero-order chi connectivity index (χ0) is 20.3. The van der Waals surface area contributed by atoms with Crippen molar-refractivity contribution in [2.45, 2.75) is 32.8 Å². The lowest BCUT2D eigenvalue weighted by Gasteiger charge is -2.19. The topological polar surface area (TPSA) is 74.7 Å². The Morgan fingerprint density at radius 3 is 2.54 bits per heavy atom. The number of carbonyl (C=O) groups is 2. The van der Waals surface area contributed by atoms with Crippen molar-refractivity contribution in [1.82, 2.24) is 4.98 Å². The maximum atomic E-state index is 12.4. The molecule has 146 valence electrons. The van der Waals surface area contributed by atoms with Crippen molar-refractivity contribution in [3.05, 3.63) is 58.6 Å². The van der Waals surface area contributed by atoms with Gasteiger partial charge in [-0.3, -0.25) is 0 Å². The van der Waals surface area contributed by atoms with E-state index in [1.54, 1.807) is 44.2 Å². The summed E-state index contributed by atoms with van der Waals surface area (Å²) in [6.07, 6.45) is -0.484. The van der Waals surface area contributed by atoms with E-state index in [4.69, 9.17) is 14.0 Å². The summed E-state index contributed by atoms with van der Waals surface area (Å²) in [5.41, 5.74) is 1.01. The SMILES string of the molecule is CC(C)(C)OC(=O)Oc1cccc(Cc2nc3ccccc3s2)c1C(=O)OP. The van der Waals surface area contributed by atoms with E-state index in [9.17, 15) is 9.59 Å². The Morgan fingerprint density at radius 2 is 1.86 bits per heavy atom. The molecule has 8 heteroatoms. The molecule has 1 unspecified atom stereocenters. The van der Waals surface area contributed by atoms with Crippen LogP contribution in [0.15, 0.2) is 42.5 Å². The third kappa shape index (κ3) is 4.86. The number of thiazole rings is 1. The van der Waals surface area contributed by atoms with Crippen LogP contribution >= 0.6 is 20.8 Å². The maximum absolute atomic E-state index is 12.4. The van der Waals surface area contributed by atoms with Crippen LogP contribution in [0.25, 0.3) is 10.2 Å². The average molecular weight is 417 g/mol. The van der Waals surface area contributed by atoms with E-state index in [1.165, 1.54) is 6.07 Å². The fourth-order valence-corrected chi connectivity index (χ4v) is 3.73. The zero-order valence-electron chi connectivity index (χ0n) is 15.7. The van der Waals surface area contributed by atoms with E-state index in [1.807, 2.05) is 33.7 Å². The Bertz CT molecular complexity index is 992. The average Bonchev–Trinajstić information content (AvgIpc) is 3.02. The van der Waals surface area contributed by atoms with Gasteiger partial charge in [-0.1, -0.05) is 24.3 Å². The largest absolute Gasteiger partial charge is 0.514 e. The highest BCUT2D eigenvalue weighted by atomic mass is 32.1. The van der Waals surface area contributed by atoms with Crippen molar-refractivity contribution in [3.8, 4) is 5.75 Å². The Labute approximate surface area is 169 Å². The number of fused-ring (bicyclic) bond motifs is 1. The molecule has 0 amide bonds. The summed E-state index contributed by atoms with van der Waals surface area (Å²) >= 11 is 1.55. The van der Waals surface area contributed by atoms with Crippen LogP contribution in [0.1, 0.15) is 41.7 Å². The molecule has 0 aliphatic heterocycles. The van der Waals surface area contributed by atoms with Crippen LogP contribution in [-0.4, -0.2) is 22.7 Å². The van der Waals surface area contributed by atoms with Gasteiger partial charge < -0.3 is 14.0 Å². The van der Waals surface area contributed by atoms with Gasteiger partial charge in [0.15, 0.2) is 0 Å². The summed E-state index contributed by atoms with van der Waals surface area (Å²) in [5.74, 6) is -0.541. The summed E-state index contributed by atoms with van der Waals surface area (Å²) in [6.45, 7) is 5.20. The van der Waals surface area contributed by atoms with E-state index in [2.05, 4.69) is 4.98 Å². The van der Waals surface area contributed by atoms with Gasteiger partial charge in [0.1, 0.15) is 16.9 Å². The quantitative estimate of drug-likeness (QED) is 0.332. The zero-order valence-corrected chi connectivity index (χ0v) is 17.7. The number of hydrogen-bond acceptors (Lipinski definition) is 7. The normalized spacial score (nSPS) is 11.3. The second-order valence-corrected chi connectivity index (χ2v) is 8.37. The molecule has 2 aromatic carbocycles. The predicted octanol–water partition coefficient (Wildman–Crippen LogP) is 5.15. The number of hydrogen-bond donors (Lipinski definition) is 0. The van der Waals surface area contributed by atoms with Crippen LogP contribution in [0.3, 0.4) is 0 Å². The third-order valence-electron chi connectivity index (χ3n) is 3.69. The number of para-hydroxylation sites is 1. The van der Waals surface area contributed by atoms with E-state index in [-0.39, 0.29) is 11.3 Å². The second kappa shape index (κ2) is 8.25. The van der Waals surface area contributed by atoms with Gasteiger partial charge in [-0.2, -0.15) is 0 Å². The van der Waals surface area contributed by atoms with Gasteiger partial charge in [0, 0.05) is 6.42 Å². The van der Waals surface area contributed by atoms with Gasteiger partial charge in [-0.05, 0) is 44.5 Å². The number of rotatable bonds is 4. The molecule has 0 aliphatic carbocycles. The minimum Gasteiger partial charge on any atom is -0.448 e. The van der Waals surface area contributed by atoms with Gasteiger partial charge in [0.2, 0.25) is 0 Å². The van der Waals surface area contributed by atoms with Crippen molar-refractivity contribution < 1.29 is 23.6 Å². The minimum atomic E-state index is -0.887. The highest BCUT2D eigenvalue weighted by Gasteiger charge is 2.24. The molecular formula is C20H20NO5PS. The van der Waals surface area contributed by atoms with E-state index in [0.717, 1.165) is 15.2 Å². The molecule has 0 radical (unpaired) electrons. The maximum Gasteiger partial charge on any atom is 0.514 e. The monoisotopic (exact) mass is 417 g/mol. The Balaban J connectivity index is 1.94. The van der Waals surface area contributed by atoms with Crippen LogP contribution in [0.5, 0.6) is 5.75 Å². The summed E-state index contributed by atoms with van der Waals surface area (Å²) in [4.78, 5) is 29.1.